The molecule has 1 saturated heterocycles. The van der Waals surface area contributed by atoms with Gasteiger partial charge in [-0.1, -0.05) is 58.0 Å². The molecule has 2 heteroatoms. The normalized spacial score (nSPS) is 21.6. The molecular weight excluding hydrogens is 256 g/mol. The number of hydrogen-bond acceptors (Lipinski definition) is 2. The predicted octanol–water partition coefficient (Wildman–Crippen LogP) is 3.89. The quantitative estimate of drug-likeness (QED) is 0.854. The molecule has 0 saturated carbocycles. The molecule has 0 aliphatic carbocycles. The fourth-order valence-electron chi connectivity index (χ4n) is 3.43. The standard InChI is InChI=1S/C19H32N2/c1-5-20-18(19(2,3)4)12-14-21-13-11-17(15-21)16-9-7-6-8-10-16/h6-10,17-18,20H,5,11-15H2,1-4H3. The molecule has 0 aromatic heterocycles. The fourth-order valence-corrected chi connectivity index (χ4v) is 3.43. The van der Waals surface area contributed by atoms with Crippen LogP contribution in [-0.2, 0) is 0 Å². The maximum absolute atomic E-state index is 3.66. The second-order valence-corrected chi connectivity index (χ2v) is 7.46. The van der Waals surface area contributed by atoms with Crippen molar-refractivity contribution >= 4 is 0 Å². The zero-order valence-electron chi connectivity index (χ0n) is 14.2. The van der Waals surface area contributed by atoms with Crippen LogP contribution in [0.3, 0.4) is 0 Å². The minimum atomic E-state index is 0.342. The third-order valence-corrected chi connectivity index (χ3v) is 4.77. The second-order valence-electron chi connectivity index (χ2n) is 7.46. The minimum Gasteiger partial charge on any atom is -0.314 e. The molecule has 2 rings (SSSR count). The summed E-state index contributed by atoms with van der Waals surface area (Å²) < 4.78 is 0. The van der Waals surface area contributed by atoms with Gasteiger partial charge in [-0.15, -0.1) is 0 Å². The van der Waals surface area contributed by atoms with Gasteiger partial charge in [0.25, 0.3) is 0 Å². The number of benzene rings is 1. The second kappa shape index (κ2) is 7.42. The summed E-state index contributed by atoms with van der Waals surface area (Å²) in [5.74, 6) is 0.735. The van der Waals surface area contributed by atoms with E-state index in [-0.39, 0.29) is 0 Å². The zero-order chi connectivity index (χ0) is 15.3. The Hall–Kier alpha value is -0.860. The van der Waals surface area contributed by atoms with Gasteiger partial charge in [-0.25, -0.2) is 0 Å². The van der Waals surface area contributed by atoms with Crippen molar-refractivity contribution in [1.29, 1.82) is 0 Å². The fraction of sp³-hybridized carbons (Fsp3) is 0.684. The van der Waals surface area contributed by atoms with Crippen molar-refractivity contribution in [2.75, 3.05) is 26.2 Å². The average Bonchev–Trinajstić information content (AvgIpc) is 2.92. The van der Waals surface area contributed by atoms with Gasteiger partial charge >= 0.3 is 0 Å². The molecule has 1 fully saturated rings. The van der Waals surface area contributed by atoms with Crippen LogP contribution in [0.2, 0.25) is 0 Å². The Morgan fingerprint density at radius 1 is 1.24 bits per heavy atom. The Morgan fingerprint density at radius 3 is 2.57 bits per heavy atom. The maximum Gasteiger partial charge on any atom is 0.0128 e. The van der Waals surface area contributed by atoms with Crippen LogP contribution >= 0.6 is 0 Å². The van der Waals surface area contributed by atoms with E-state index in [1.54, 1.807) is 0 Å². The van der Waals surface area contributed by atoms with E-state index in [0.29, 0.717) is 11.5 Å². The first kappa shape index (κ1) is 16.5. The van der Waals surface area contributed by atoms with Crippen molar-refractivity contribution in [2.45, 2.75) is 52.5 Å². The highest BCUT2D eigenvalue weighted by Gasteiger charge is 2.27. The van der Waals surface area contributed by atoms with E-state index in [2.05, 4.69) is 68.2 Å². The molecule has 0 amide bonds. The highest BCUT2D eigenvalue weighted by atomic mass is 15.1. The van der Waals surface area contributed by atoms with Crippen molar-refractivity contribution in [3.8, 4) is 0 Å². The van der Waals surface area contributed by atoms with Crippen LogP contribution < -0.4 is 5.32 Å². The zero-order valence-corrected chi connectivity index (χ0v) is 14.2. The van der Waals surface area contributed by atoms with Crippen LogP contribution in [0.5, 0.6) is 0 Å². The summed E-state index contributed by atoms with van der Waals surface area (Å²) in [6.45, 7) is 14.0. The summed E-state index contributed by atoms with van der Waals surface area (Å²) in [6, 6.07) is 11.6. The first-order valence-corrected chi connectivity index (χ1v) is 8.51. The lowest BCUT2D eigenvalue weighted by Crippen LogP contribution is -2.42. The molecule has 1 N–H and O–H groups in total. The van der Waals surface area contributed by atoms with Crippen molar-refractivity contribution in [3.05, 3.63) is 35.9 Å². The van der Waals surface area contributed by atoms with E-state index in [1.807, 2.05) is 0 Å². The molecule has 118 valence electrons. The van der Waals surface area contributed by atoms with E-state index < -0.39 is 0 Å². The minimum absolute atomic E-state index is 0.342. The molecular formula is C19H32N2. The largest absolute Gasteiger partial charge is 0.314 e. The third kappa shape index (κ3) is 4.82. The molecule has 1 aromatic carbocycles. The molecule has 2 atom stereocenters. The Labute approximate surface area is 130 Å². The summed E-state index contributed by atoms with van der Waals surface area (Å²) >= 11 is 0. The first-order chi connectivity index (χ1) is 10.0. The molecule has 1 heterocycles. The number of nitrogens with one attached hydrogen (secondary N) is 1. The summed E-state index contributed by atoms with van der Waals surface area (Å²) in [5.41, 5.74) is 1.85. The molecule has 0 radical (unpaired) electrons. The average molecular weight is 288 g/mol. The molecule has 1 aromatic rings. The molecule has 1 aliphatic rings. The number of nitrogens with zero attached hydrogens (tertiary/aromatic N) is 1. The van der Waals surface area contributed by atoms with E-state index in [0.717, 1.165) is 12.5 Å². The van der Waals surface area contributed by atoms with Crippen molar-refractivity contribution in [3.63, 3.8) is 0 Å². The Morgan fingerprint density at radius 2 is 1.95 bits per heavy atom. The topological polar surface area (TPSA) is 15.3 Å². The Kier molecular flexibility index (Phi) is 5.83. The van der Waals surface area contributed by atoms with E-state index in [4.69, 9.17) is 0 Å². The first-order valence-electron chi connectivity index (χ1n) is 8.51. The summed E-state index contributed by atoms with van der Waals surface area (Å²) in [5, 5.41) is 3.66. The summed E-state index contributed by atoms with van der Waals surface area (Å²) in [6.07, 6.45) is 2.56. The van der Waals surface area contributed by atoms with Crippen LogP contribution in [0.1, 0.15) is 52.0 Å². The number of hydrogen-bond donors (Lipinski definition) is 1. The van der Waals surface area contributed by atoms with Gasteiger partial charge in [0.2, 0.25) is 0 Å². The van der Waals surface area contributed by atoms with Crippen LogP contribution in [-0.4, -0.2) is 37.1 Å². The molecule has 2 nitrogen and oxygen atoms in total. The SMILES string of the molecule is CCNC(CCN1CCC(c2ccccc2)C1)C(C)(C)C. The monoisotopic (exact) mass is 288 g/mol. The van der Waals surface area contributed by atoms with Crippen molar-refractivity contribution < 1.29 is 0 Å². The maximum atomic E-state index is 3.66. The predicted molar refractivity (Wildman–Crippen MR) is 91.8 cm³/mol. The lowest BCUT2D eigenvalue weighted by atomic mass is 9.84. The molecule has 0 spiro atoms. The molecule has 0 bridgehead atoms. The van der Waals surface area contributed by atoms with E-state index in [9.17, 15) is 0 Å². The highest BCUT2D eigenvalue weighted by Crippen LogP contribution is 2.28. The number of likely N-dealkylation sites (tertiary alicyclic amines) is 1. The van der Waals surface area contributed by atoms with Gasteiger partial charge in [-0.3, -0.25) is 0 Å². The Balaban J connectivity index is 1.82. The van der Waals surface area contributed by atoms with Gasteiger partial charge in [-0.05, 0) is 49.4 Å². The summed E-state index contributed by atoms with van der Waals surface area (Å²) in [7, 11) is 0. The van der Waals surface area contributed by atoms with Gasteiger partial charge in [0.1, 0.15) is 0 Å². The van der Waals surface area contributed by atoms with Crippen LogP contribution in [0.25, 0.3) is 0 Å². The van der Waals surface area contributed by atoms with E-state index >= 15 is 0 Å². The van der Waals surface area contributed by atoms with Gasteiger partial charge in [0, 0.05) is 12.6 Å². The lowest BCUT2D eigenvalue weighted by molar-refractivity contribution is 0.223. The smallest absolute Gasteiger partial charge is 0.0128 e. The van der Waals surface area contributed by atoms with Gasteiger partial charge < -0.3 is 10.2 Å². The third-order valence-electron chi connectivity index (χ3n) is 4.77. The van der Waals surface area contributed by atoms with Gasteiger partial charge in [0.05, 0.1) is 0 Å². The lowest BCUT2D eigenvalue weighted by Gasteiger charge is -2.32. The molecule has 21 heavy (non-hydrogen) atoms. The Bertz CT molecular complexity index is 407. The number of rotatable bonds is 6. The van der Waals surface area contributed by atoms with Crippen molar-refractivity contribution in [2.24, 2.45) is 5.41 Å². The molecule has 1 aliphatic heterocycles. The molecule has 2 unspecified atom stereocenters. The van der Waals surface area contributed by atoms with Crippen LogP contribution in [0.4, 0.5) is 0 Å². The summed E-state index contributed by atoms with van der Waals surface area (Å²) in [4.78, 5) is 2.65. The highest BCUT2D eigenvalue weighted by molar-refractivity contribution is 5.20. The van der Waals surface area contributed by atoms with Gasteiger partial charge in [0.15, 0.2) is 0 Å². The van der Waals surface area contributed by atoms with E-state index in [1.165, 1.54) is 38.0 Å². The van der Waals surface area contributed by atoms with Crippen LogP contribution in [0, 0.1) is 5.41 Å². The van der Waals surface area contributed by atoms with Crippen LogP contribution in [0.15, 0.2) is 30.3 Å². The van der Waals surface area contributed by atoms with Crippen molar-refractivity contribution in [1.82, 2.24) is 10.2 Å². The van der Waals surface area contributed by atoms with Gasteiger partial charge in [-0.2, -0.15) is 0 Å².